The third kappa shape index (κ3) is 6.97. The van der Waals surface area contributed by atoms with Crippen LogP contribution in [0.25, 0.3) is 28.3 Å². The van der Waals surface area contributed by atoms with Crippen molar-refractivity contribution in [2.24, 2.45) is 10.9 Å². The Bertz CT molecular complexity index is 3390. The summed E-state index contributed by atoms with van der Waals surface area (Å²) in [4.78, 5) is 10.7. The van der Waals surface area contributed by atoms with Crippen molar-refractivity contribution >= 4 is 29.0 Å². The molecular formula is C65H55N5. The molecule has 0 saturated heterocycles. The van der Waals surface area contributed by atoms with E-state index in [0.717, 1.165) is 41.8 Å². The number of hydrogen-bond donors (Lipinski definition) is 2. The molecule has 0 radical (unpaired) electrons. The van der Waals surface area contributed by atoms with Crippen molar-refractivity contribution < 1.29 is 0 Å². The molecule has 4 aliphatic carbocycles. The van der Waals surface area contributed by atoms with Gasteiger partial charge in [0, 0.05) is 45.9 Å². The van der Waals surface area contributed by atoms with Gasteiger partial charge in [0.25, 0.3) is 0 Å². The van der Waals surface area contributed by atoms with E-state index in [2.05, 4.69) is 227 Å². The fourth-order valence-corrected chi connectivity index (χ4v) is 12.8. The third-order valence-corrected chi connectivity index (χ3v) is 16.0. The minimum absolute atomic E-state index is 0.171. The lowest BCUT2D eigenvalue weighted by atomic mass is 9.81. The number of hydrogen-bond acceptors (Lipinski definition) is 5. The highest BCUT2D eigenvalue weighted by Gasteiger charge is 2.44. The molecule has 5 heteroatoms. The summed E-state index contributed by atoms with van der Waals surface area (Å²) in [7, 11) is 0. The predicted molar refractivity (Wildman–Crippen MR) is 288 cm³/mol. The van der Waals surface area contributed by atoms with Gasteiger partial charge in [0.1, 0.15) is 18.2 Å². The van der Waals surface area contributed by atoms with Gasteiger partial charge in [-0.15, -0.1) is 0 Å². The van der Waals surface area contributed by atoms with Crippen LogP contribution in [0, 0.1) is 5.92 Å². The number of rotatable bonds is 7. The van der Waals surface area contributed by atoms with Crippen LogP contribution in [-0.4, -0.2) is 11.9 Å². The van der Waals surface area contributed by atoms with E-state index in [1.54, 1.807) is 16.7 Å². The normalized spacial score (nSPS) is 22.5. The molecule has 0 bridgehead atoms. The molecular weight excluding hydrogens is 851 g/mol. The highest BCUT2D eigenvalue weighted by molar-refractivity contribution is 6.00. The first-order chi connectivity index (χ1) is 34.7. The fraction of sp³-hybridized carbons (Fsp3) is 0.185. The average molecular weight is 906 g/mol. The summed E-state index contributed by atoms with van der Waals surface area (Å²) in [5, 5.41) is 7.74. The van der Waals surface area contributed by atoms with Gasteiger partial charge in [-0.3, -0.25) is 5.32 Å². The standard InChI is InChI=1S/C65H55N5/c1-3-16-42(17-4-1)46-21-13-24-49(38-46)64-66-63(67-65(68-64)50-25-14-22-47(39-50)43-18-5-2-6-19-43)45-32-35-51(36-33-45)69-57-29-11-9-27-53(57)56-41-55-48(40-61(56)69)23-15-31-59(55)70-58-30-12-10-28-54(58)62-52-26-8-7-20-44(52)34-37-60(62)70/h1-6,9-10,12-19,21-25,27-28,30-40,54,56,58,64-65,68H,7-8,11,20,26,29,41H2,(H,66,67). The number of fused-ring (bicyclic) bond motifs is 8. The van der Waals surface area contributed by atoms with E-state index < -0.39 is 0 Å². The number of aliphatic imine (C=N–C) groups is 1. The van der Waals surface area contributed by atoms with Crippen molar-refractivity contribution in [1.82, 2.24) is 10.6 Å². The van der Waals surface area contributed by atoms with E-state index in [-0.39, 0.29) is 18.4 Å². The molecule has 70 heavy (non-hydrogen) atoms. The zero-order valence-electron chi connectivity index (χ0n) is 39.3. The third-order valence-electron chi connectivity index (χ3n) is 16.0. The van der Waals surface area contributed by atoms with Crippen LogP contribution >= 0.6 is 0 Å². The summed E-state index contributed by atoms with van der Waals surface area (Å²) in [6, 6.07) is 60.4. The number of nitrogens with zero attached hydrogens (tertiary/aromatic N) is 3. The smallest absolute Gasteiger partial charge is 0.131 e. The summed E-state index contributed by atoms with van der Waals surface area (Å²) < 4.78 is 0. The van der Waals surface area contributed by atoms with Gasteiger partial charge in [0.15, 0.2) is 0 Å². The van der Waals surface area contributed by atoms with Crippen LogP contribution in [-0.2, 0) is 19.3 Å². The molecule has 3 aliphatic heterocycles. The van der Waals surface area contributed by atoms with Crippen LogP contribution in [0.4, 0.5) is 17.1 Å². The van der Waals surface area contributed by atoms with Crippen LogP contribution in [0.2, 0.25) is 0 Å². The highest BCUT2D eigenvalue weighted by Crippen LogP contribution is 2.55. The Labute approximate surface area is 411 Å². The van der Waals surface area contributed by atoms with Crippen LogP contribution in [0.5, 0.6) is 0 Å². The van der Waals surface area contributed by atoms with Gasteiger partial charge < -0.3 is 15.1 Å². The van der Waals surface area contributed by atoms with Crippen molar-refractivity contribution in [1.29, 1.82) is 0 Å². The highest BCUT2D eigenvalue weighted by atomic mass is 15.3. The summed E-state index contributed by atoms with van der Waals surface area (Å²) in [6.45, 7) is 0. The number of benzene rings is 7. The number of nitrogens with one attached hydrogen (secondary N) is 2. The molecule has 5 atom stereocenters. The fourth-order valence-electron chi connectivity index (χ4n) is 12.8. The minimum Gasteiger partial charge on any atom is -0.350 e. The van der Waals surface area contributed by atoms with Gasteiger partial charge in [-0.1, -0.05) is 152 Å². The Hall–Kier alpha value is -7.73. The summed E-state index contributed by atoms with van der Waals surface area (Å²) in [5.74, 6) is 1.56. The Morgan fingerprint density at radius 1 is 0.586 bits per heavy atom. The quantitative estimate of drug-likeness (QED) is 0.167. The van der Waals surface area contributed by atoms with Gasteiger partial charge in [0.05, 0.1) is 6.04 Å². The molecule has 0 aromatic heterocycles. The molecule has 0 spiro atoms. The van der Waals surface area contributed by atoms with Crippen molar-refractivity contribution in [3.8, 4) is 22.3 Å². The van der Waals surface area contributed by atoms with E-state index >= 15 is 0 Å². The molecule has 340 valence electrons. The van der Waals surface area contributed by atoms with Crippen molar-refractivity contribution in [2.75, 3.05) is 9.80 Å². The van der Waals surface area contributed by atoms with Crippen molar-refractivity contribution in [3.05, 3.63) is 262 Å². The lowest BCUT2D eigenvalue weighted by Gasteiger charge is -2.34. The maximum atomic E-state index is 5.44. The summed E-state index contributed by atoms with van der Waals surface area (Å²) in [6.07, 6.45) is 24.4. The lowest BCUT2D eigenvalue weighted by molar-refractivity contribution is 0.409. The monoisotopic (exact) mass is 905 g/mol. The first-order valence-electron chi connectivity index (χ1n) is 25.5. The molecule has 7 aromatic rings. The second-order valence-electron chi connectivity index (χ2n) is 20.0. The summed E-state index contributed by atoms with van der Waals surface area (Å²) >= 11 is 0. The van der Waals surface area contributed by atoms with E-state index in [1.165, 1.54) is 93.1 Å². The lowest BCUT2D eigenvalue weighted by Crippen LogP contribution is -2.45. The van der Waals surface area contributed by atoms with Crippen LogP contribution in [0.15, 0.2) is 222 Å². The molecule has 3 heterocycles. The van der Waals surface area contributed by atoms with E-state index in [1.807, 2.05) is 0 Å². The Kier molecular flexibility index (Phi) is 10.0. The van der Waals surface area contributed by atoms with Crippen LogP contribution in [0.1, 0.15) is 88.4 Å². The van der Waals surface area contributed by atoms with Crippen molar-refractivity contribution in [2.45, 2.75) is 69.2 Å². The molecule has 0 saturated carbocycles. The summed E-state index contributed by atoms with van der Waals surface area (Å²) in [5.41, 5.74) is 24.0. The first-order valence-corrected chi connectivity index (χ1v) is 25.5. The second kappa shape index (κ2) is 17.0. The zero-order valence-corrected chi connectivity index (χ0v) is 39.3. The number of amidine groups is 1. The SMILES string of the molecule is C1=CC2c3c(ccc4c3CCCC4)N(c3cccc4c3CC3C(=C4)N(c4ccc(C5=NC(c6cccc(-c7ccccc7)c6)NC(c6cccc(-c7ccccc7)c6)N5)cc4)C4=C3C=CCC4)C2C=C1. The van der Waals surface area contributed by atoms with E-state index in [9.17, 15) is 0 Å². The largest absolute Gasteiger partial charge is 0.350 e. The van der Waals surface area contributed by atoms with Gasteiger partial charge >= 0.3 is 0 Å². The zero-order chi connectivity index (χ0) is 46.1. The molecule has 0 fully saturated rings. The molecule has 5 unspecified atom stereocenters. The number of allylic oxidation sites excluding steroid dienone is 6. The maximum Gasteiger partial charge on any atom is 0.131 e. The second-order valence-corrected chi connectivity index (χ2v) is 20.0. The molecule has 0 amide bonds. The molecule has 2 N–H and O–H groups in total. The van der Waals surface area contributed by atoms with Gasteiger partial charge in [-0.2, -0.15) is 0 Å². The van der Waals surface area contributed by atoms with Crippen LogP contribution < -0.4 is 20.4 Å². The molecule has 7 aliphatic rings. The molecule has 14 rings (SSSR count). The first kappa shape index (κ1) is 41.3. The number of aryl methyl sites for hydroxylation is 1. The molecule has 7 aromatic carbocycles. The van der Waals surface area contributed by atoms with Crippen molar-refractivity contribution in [3.63, 3.8) is 0 Å². The Balaban J connectivity index is 0.818. The van der Waals surface area contributed by atoms with Gasteiger partial charge in [-0.05, 0) is 166 Å². The Morgan fingerprint density at radius 3 is 2.13 bits per heavy atom. The van der Waals surface area contributed by atoms with Crippen LogP contribution in [0.3, 0.4) is 0 Å². The number of anilines is 3. The van der Waals surface area contributed by atoms with Gasteiger partial charge in [0.2, 0.25) is 0 Å². The predicted octanol–water partition coefficient (Wildman–Crippen LogP) is 14.6. The topological polar surface area (TPSA) is 42.9 Å². The maximum absolute atomic E-state index is 5.44. The van der Waals surface area contributed by atoms with E-state index in [0.29, 0.717) is 11.8 Å². The average Bonchev–Trinajstić information content (AvgIpc) is 3.95. The van der Waals surface area contributed by atoms with Gasteiger partial charge in [-0.25, -0.2) is 4.99 Å². The van der Waals surface area contributed by atoms with E-state index in [4.69, 9.17) is 4.99 Å². The minimum atomic E-state index is -0.265. The Morgan fingerprint density at radius 2 is 1.31 bits per heavy atom. The molecule has 5 nitrogen and oxygen atoms in total.